The quantitative estimate of drug-likeness (QED) is 0.349. The minimum absolute atomic E-state index is 0. The molecule has 0 radical (unpaired) electrons. The van der Waals surface area contributed by atoms with E-state index in [9.17, 15) is 9.59 Å². The minimum atomic E-state index is -0.656. The van der Waals surface area contributed by atoms with E-state index < -0.39 is 24.0 Å². The molecule has 0 aliphatic heterocycles. The number of rotatable bonds is 7. The number of carbonyl (C=O) groups is 2. The summed E-state index contributed by atoms with van der Waals surface area (Å²) in [4.78, 5) is 21.9. The Balaban J connectivity index is -0.000000375. The first-order valence-corrected chi connectivity index (χ1v) is 6.93. The smallest absolute Gasteiger partial charge is 0.323 e. The number of halogens is 2. The molecule has 0 fully saturated rings. The summed E-state index contributed by atoms with van der Waals surface area (Å²) in [6.07, 6.45) is 0. The Hall–Kier alpha value is 0.1000. The van der Waals surface area contributed by atoms with Gasteiger partial charge in [-0.25, -0.2) is 0 Å². The van der Waals surface area contributed by atoms with Crippen molar-refractivity contribution in [3.8, 4) is 0 Å². The third-order valence-corrected chi connectivity index (χ3v) is 4.06. The molecule has 0 aliphatic rings. The molecule has 7 nitrogen and oxygen atoms in total. The predicted octanol–water partition coefficient (Wildman–Crippen LogP) is -0.613. The van der Waals surface area contributed by atoms with Crippen molar-refractivity contribution in [2.75, 3.05) is 25.7 Å². The highest BCUT2D eigenvalue weighted by atomic mass is 35.5. The number of ether oxygens (including phenoxy) is 2. The van der Waals surface area contributed by atoms with Crippen molar-refractivity contribution in [1.82, 2.24) is 0 Å². The van der Waals surface area contributed by atoms with E-state index in [-0.39, 0.29) is 30.3 Å². The highest BCUT2D eigenvalue weighted by molar-refractivity contribution is 8.76. The lowest BCUT2D eigenvalue weighted by atomic mass is 10.4. The zero-order valence-corrected chi connectivity index (χ0v) is 13.8. The first-order valence-electron chi connectivity index (χ1n) is 4.44. The van der Waals surface area contributed by atoms with Gasteiger partial charge in [-0.05, 0) is 0 Å². The summed E-state index contributed by atoms with van der Waals surface area (Å²) in [5.41, 5.74) is 11.0. The minimum Gasteiger partial charge on any atom is -0.468 e. The van der Waals surface area contributed by atoms with Crippen LogP contribution in [0.1, 0.15) is 0 Å². The van der Waals surface area contributed by atoms with Crippen molar-refractivity contribution in [2.45, 2.75) is 12.1 Å². The van der Waals surface area contributed by atoms with Crippen molar-refractivity contribution in [3.63, 3.8) is 0 Å². The van der Waals surface area contributed by atoms with Crippen LogP contribution < -0.4 is 11.5 Å². The molecule has 2 atom stereocenters. The molecule has 0 saturated heterocycles. The number of nitrogens with two attached hydrogens (primary N) is 2. The zero-order chi connectivity index (χ0) is 12.6. The highest BCUT2D eigenvalue weighted by Gasteiger charge is 2.16. The molecule has 0 aromatic rings. The van der Waals surface area contributed by atoms with Gasteiger partial charge in [0, 0.05) is 11.5 Å². The average Bonchev–Trinajstić information content (AvgIpc) is 2.31. The molecule has 0 spiro atoms. The summed E-state index contributed by atoms with van der Waals surface area (Å²) >= 11 is 0. The molecule has 0 saturated carbocycles. The van der Waals surface area contributed by atoms with Gasteiger partial charge in [-0.1, -0.05) is 21.6 Å². The van der Waals surface area contributed by atoms with E-state index >= 15 is 0 Å². The molecule has 0 aliphatic carbocycles. The van der Waals surface area contributed by atoms with Gasteiger partial charge in [0.15, 0.2) is 0 Å². The van der Waals surface area contributed by atoms with Crippen LogP contribution in [0.4, 0.5) is 0 Å². The Morgan fingerprint density at radius 3 is 1.42 bits per heavy atom. The van der Waals surface area contributed by atoms with Crippen LogP contribution in [-0.4, -0.2) is 55.2 Å². The van der Waals surface area contributed by atoms with Crippen molar-refractivity contribution in [1.29, 1.82) is 0 Å². The second-order valence-corrected chi connectivity index (χ2v) is 5.38. The fourth-order valence-electron chi connectivity index (χ4n) is 0.682. The van der Waals surface area contributed by atoms with Gasteiger partial charge >= 0.3 is 11.9 Å². The van der Waals surface area contributed by atoms with E-state index in [4.69, 9.17) is 11.5 Å². The molecular formula is C8H20Cl2N2O5S2. The van der Waals surface area contributed by atoms with E-state index in [1.807, 2.05) is 0 Å². The fourth-order valence-corrected chi connectivity index (χ4v) is 2.90. The zero-order valence-electron chi connectivity index (χ0n) is 10.5. The monoisotopic (exact) mass is 358 g/mol. The number of carbonyl (C=O) groups excluding carboxylic acids is 2. The maximum Gasteiger partial charge on any atom is 0.323 e. The number of esters is 2. The molecule has 0 heterocycles. The molecule has 0 bridgehead atoms. The third-order valence-electron chi connectivity index (χ3n) is 1.59. The summed E-state index contributed by atoms with van der Waals surface area (Å²) in [5, 5.41) is 0. The lowest BCUT2D eigenvalue weighted by Gasteiger charge is -2.10. The lowest BCUT2D eigenvalue weighted by molar-refractivity contribution is -0.142. The summed E-state index contributed by atoms with van der Waals surface area (Å²) in [6, 6.07) is -1.31. The van der Waals surface area contributed by atoms with Crippen molar-refractivity contribution >= 4 is 58.3 Å². The Morgan fingerprint density at radius 2 is 1.21 bits per heavy atom. The predicted molar refractivity (Wildman–Crippen MR) is 83.0 cm³/mol. The van der Waals surface area contributed by atoms with Gasteiger partial charge in [0.1, 0.15) is 12.1 Å². The van der Waals surface area contributed by atoms with Crippen LogP contribution in [0.15, 0.2) is 0 Å². The van der Waals surface area contributed by atoms with Gasteiger partial charge in [0.05, 0.1) is 14.2 Å². The van der Waals surface area contributed by atoms with Crippen LogP contribution in [-0.2, 0) is 19.1 Å². The Bertz CT molecular complexity index is 227. The van der Waals surface area contributed by atoms with Crippen molar-refractivity contribution < 1.29 is 24.5 Å². The van der Waals surface area contributed by atoms with Crippen LogP contribution in [0.2, 0.25) is 0 Å². The third kappa shape index (κ3) is 12.9. The lowest BCUT2D eigenvalue weighted by Crippen LogP contribution is -2.34. The van der Waals surface area contributed by atoms with Gasteiger partial charge in [0.2, 0.25) is 0 Å². The Labute approximate surface area is 132 Å². The van der Waals surface area contributed by atoms with Gasteiger partial charge in [0.25, 0.3) is 0 Å². The van der Waals surface area contributed by atoms with Gasteiger partial charge < -0.3 is 26.4 Å². The first-order chi connectivity index (χ1) is 7.52. The number of hydrogen-bond donors (Lipinski definition) is 2. The molecule has 11 heteroatoms. The van der Waals surface area contributed by atoms with Crippen molar-refractivity contribution in [2.24, 2.45) is 11.5 Å². The fraction of sp³-hybridized carbons (Fsp3) is 0.750. The maximum absolute atomic E-state index is 10.9. The van der Waals surface area contributed by atoms with Crippen molar-refractivity contribution in [3.05, 3.63) is 0 Å². The van der Waals surface area contributed by atoms with Crippen LogP contribution in [0, 0.1) is 0 Å². The van der Waals surface area contributed by atoms with Gasteiger partial charge in [-0.15, -0.1) is 24.8 Å². The number of methoxy groups -OCH3 is 2. The SMILES string of the molecule is COC(=O)C(N)CSSCC(N)C(=O)OC.Cl.Cl.O. The van der Waals surface area contributed by atoms with E-state index in [0.29, 0.717) is 11.5 Å². The molecule has 19 heavy (non-hydrogen) atoms. The first kappa shape index (κ1) is 27.4. The summed E-state index contributed by atoms with van der Waals surface area (Å²) in [7, 11) is 5.30. The molecule has 0 aromatic carbocycles. The molecule has 0 amide bonds. The molecule has 2 unspecified atom stereocenters. The molecule has 6 N–H and O–H groups in total. The van der Waals surface area contributed by atoms with E-state index in [2.05, 4.69) is 9.47 Å². The van der Waals surface area contributed by atoms with E-state index in [1.54, 1.807) is 0 Å². The summed E-state index contributed by atoms with van der Waals surface area (Å²) in [6.45, 7) is 0. The summed E-state index contributed by atoms with van der Waals surface area (Å²) in [5.74, 6) is -0.0908. The van der Waals surface area contributed by atoms with E-state index in [0.717, 1.165) is 0 Å². The topological polar surface area (TPSA) is 136 Å². The van der Waals surface area contributed by atoms with Crippen LogP contribution >= 0.6 is 46.4 Å². The second kappa shape index (κ2) is 16.2. The molecule has 118 valence electrons. The van der Waals surface area contributed by atoms with Crippen LogP contribution in [0.5, 0.6) is 0 Å². The summed E-state index contributed by atoms with van der Waals surface area (Å²) < 4.78 is 8.92. The average molecular weight is 359 g/mol. The molecule has 0 aromatic heterocycles. The maximum atomic E-state index is 10.9. The Morgan fingerprint density at radius 1 is 0.947 bits per heavy atom. The second-order valence-electron chi connectivity index (χ2n) is 2.83. The number of hydrogen-bond acceptors (Lipinski definition) is 8. The molecule has 0 rings (SSSR count). The van der Waals surface area contributed by atoms with Crippen LogP contribution in [0.3, 0.4) is 0 Å². The Kier molecular flexibility index (Phi) is 23.3. The van der Waals surface area contributed by atoms with Gasteiger partial charge in [-0.3, -0.25) is 9.59 Å². The highest BCUT2D eigenvalue weighted by Crippen LogP contribution is 2.22. The standard InChI is InChI=1S/C8H16N2O4S2.2ClH.H2O/c1-13-7(11)5(9)3-15-16-4-6(10)8(12)14-2;;;/h5-6H,3-4,9-10H2,1-2H3;2*1H;1H2. The normalized spacial score (nSPS) is 11.8. The van der Waals surface area contributed by atoms with Crippen LogP contribution in [0.25, 0.3) is 0 Å². The largest absolute Gasteiger partial charge is 0.468 e. The molecular weight excluding hydrogens is 339 g/mol. The van der Waals surface area contributed by atoms with Gasteiger partial charge in [-0.2, -0.15) is 0 Å². The van der Waals surface area contributed by atoms with E-state index in [1.165, 1.54) is 35.8 Å².